The van der Waals surface area contributed by atoms with Gasteiger partial charge in [0.1, 0.15) is 0 Å². The van der Waals surface area contributed by atoms with Crippen LogP contribution in [0.4, 0.5) is 0 Å². The predicted octanol–water partition coefficient (Wildman–Crippen LogP) is 5.22. The molecule has 0 aliphatic heterocycles. The largest absolute Gasteiger partial charge is 0.508 e. The van der Waals surface area contributed by atoms with Crippen LogP contribution >= 0.6 is 15.9 Å². The normalized spacial score (nSPS) is 14.8. The summed E-state index contributed by atoms with van der Waals surface area (Å²) >= 11 is 3.70. The summed E-state index contributed by atoms with van der Waals surface area (Å²) in [5.41, 5.74) is 2.63. The van der Waals surface area contributed by atoms with E-state index in [0.29, 0.717) is 24.6 Å². The smallest absolute Gasteiger partial charge is 0.373 e. The Morgan fingerprint density at radius 2 is 1.27 bits per heavy atom. The molecule has 2 atom stereocenters. The molecule has 1 aromatic rings. The van der Waals surface area contributed by atoms with Crippen molar-refractivity contribution in [3.05, 3.63) is 35.4 Å². The highest BCUT2D eigenvalue weighted by molar-refractivity contribution is 9.09. The molecule has 0 saturated carbocycles. The summed E-state index contributed by atoms with van der Waals surface area (Å²) in [6, 6.07) is 8.70. The van der Waals surface area contributed by atoms with Crippen LogP contribution in [0.15, 0.2) is 24.3 Å². The third kappa shape index (κ3) is 4.90. The number of benzene rings is 1. The minimum absolute atomic E-state index is 0.122. The lowest BCUT2D eigenvalue weighted by molar-refractivity contribution is 0.0633. The second-order valence-corrected chi connectivity index (χ2v) is 9.21. The van der Waals surface area contributed by atoms with Gasteiger partial charge in [0.05, 0.1) is 5.54 Å². The van der Waals surface area contributed by atoms with E-state index in [0.717, 1.165) is 6.42 Å². The average molecular weight is 389 g/mol. The first-order valence-corrected chi connectivity index (χ1v) is 10.9. The standard InChI is InChI=1S/C17H29BrO3Si/c1-6-17(18)16-12-10-15(11-13-16)14(5)22(19-7-2,20-8-3)21-9-4/h10-14,17H,6-9H2,1-5H3. The monoisotopic (exact) mass is 388 g/mol. The topological polar surface area (TPSA) is 27.7 Å². The fourth-order valence-electron chi connectivity index (χ4n) is 2.54. The molecule has 2 unspecified atom stereocenters. The van der Waals surface area contributed by atoms with Crippen LogP contribution in [-0.2, 0) is 13.3 Å². The maximum atomic E-state index is 6.01. The average Bonchev–Trinajstić information content (AvgIpc) is 2.54. The van der Waals surface area contributed by atoms with Gasteiger partial charge in [-0.2, -0.15) is 0 Å². The van der Waals surface area contributed by atoms with Crippen LogP contribution in [0, 0.1) is 0 Å². The van der Waals surface area contributed by atoms with E-state index in [2.05, 4.69) is 54.0 Å². The van der Waals surface area contributed by atoms with Gasteiger partial charge in [0.15, 0.2) is 0 Å². The van der Waals surface area contributed by atoms with Gasteiger partial charge in [-0.1, -0.05) is 54.0 Å². The number of alkyl halides is 1. The Labute approximate surface area is 144 Å². The Morgan fingerprint density at radius 1 is 0.864 bits per heavy atom. The van der Waals surface area contributed by atoms with Crippen molar-refractivity contribution in [1.29, 1.82) is 0 Å². The van der Waals surface area contributed by atoms with Gasteiger partial charge in [0.25, 0.3) is 0 Å². The van der Waals surface area contributed by atoms with E-state index in [1.807, 2.05) is 20.8 Å². The molecule has 0 aliphatic carbocycles. The van der Waals surface area contributed by atoms with Gasteiger partial charge < -0.3 is 13.3 Å². The van der Waals surface area contributed by atoms with Crippen LogP contribution in [0.25, 0.3) is 0 Å². The van der Waals surface area contributed by atoms with Crippen molar-refractivity contribution in [2.24, 2.45) is 0 Å². The quantitative estimate of drug-likeness (QED) is 0.405. The lowest BCUT2D eigenvalue weighted by Crippen LogP contribution is -2.51. The van der Waals surface area contributed by atoms with E-state index >= 15 is 0 Å². The summed E-state index contributed by atoms with van der Waals surface area (Å²) in [4.78, 5) is 0.407. The van der Waals surface area contributed by atoms with Gasteiger partial charge in [-0.15, -0.1) is 0 Å². The van der Waals surface area contributed by atoms with Gasteiger partial charge >= 0.3 is 8.80 Å². The van der Waals surface area contributed by atoms with E-state index in [1.165, 1.54) is 11.1 Å². The van der Waals surface area contributed by atoms with E-state index in [9.17, 15) is 0 Å². The van der Waals surface area contributed by atoms with E-state index in [1.54, 1.807) is 0 Å². The molecule has 0 aromatic heterocycles. The molecular weight excluding hydrogens is 360 g/mol. The van der Waals surface area contributed by atoms with E-state index < -0.39 is 8.80 Å². The van der Waals surface area contributed by atoms with Gasteiger partial charge in [0, 0.05) is 24.6 Å². The first kappa shape index (κ1) is 19.8. The Balaban J connectivity index is 3.03. The zero-order valence-corrected chi connectivity index (χ0v) is 17.0. The van der Waals surface area contributed by atoms with Crippen molar-refractivity contribution in [1.82, 2.24) is 0 Å². The summed E-state index contributed by atoms with van der Waals surface area (Å²) in [5.74, 6) is 0. The second-order valence-electron chi connectivity index (χ2n) is 5.17. The van der Waals surface area contributed by atoms with Gasteiger partial charge in [-0.25, -0.2) is 0 Å². The minimum atomic E-state index is -2.70. The number of rotatable bonds is 10. The first-order valence-electron chi connectivity index (χ1n) is 8.20. The summed E-state index contributed by atoms with van der Waals surface area (Å²) in [6.45, 7) is 12.1. The number of halogens is 1. The highest BCUT2D eigenvalue weighted by atomic mass is 79.9. The highest BCUT2D eigenvalue weighted by Crippen LogP contribution is 2.32. The third-order valence-electron chi connectivity index (χ3n) is 3.72. The fraction of sp³-hybridized carbons (Fsp3) is 0.647. The number of hydrogen-bond acceptors (Lipinski definition) is 3. The maximum Gasteiger partial charge on any atom is 0.508 e. The van der Waals surface area contributed by atoms with Crippen LogP contribution in [-0.4, -0.2) is 28.6 Å². The first-order chi connectivity index (χ1) is 10.5. The third-order valence-corrected chi connectivity index (χ3v) is 8.37. The van der Waals surface area contributed by atoms with Crippen molar-refractivity contribution < 1.29 is 13.3 Å². The van der Waals surface area contributed by atoms with Gasteiger partial charge in [0.2, 0.25) is 0 Å². The molecular formula is C17H29BrO3Si. The van der Waals surface area contributed by atoms with Gasteiger partial charge in [-0.05, 0) is 38.3 Å². The molecule has 0 spiro atoms. The van der Waals surface area contributed by atoms with Crippen LogP contribution in [0.2, 0.25) is 0 Å². The lowest BCUT2D eigenvalue weighted by Gasteiger charge is -2.33. The molecule has 0 aliphatic rings. The summed E-state index contributed by atoms with van der Waals surface area (Å²) < 4.78 is 18.0. The molecule has 3 nitrogen and oxygen atoms in total. The van der Waals surface area contributed by atoms with Crippen LogP contribution in [0.3, 0.4) is 0 Å². The molecule has 0 amide bonds. The molecule has 0 bridgehead atoms. The van der Waals surface area contributed by atoms with Crippen molar-refractivity contribution in [3.63, 3.8) is 0 Å². The second kappa shape index (κ2) is 9.83. The van der Waals surface area contributed by atoms with Crippen molar-refractivity contribution in [2.45, 2.75) is 51.4 Å². The molecule has 0 N–H and O–H groups in total. The molecule has 1 aromatic carbocycles. The molecule has 0 saturated heterocycles. The fourth-order valence-corrected chi connectivity index (χ4v) is 5.65. The molecule has 0 radical (unpaired) electrons. The molecule has 22 heavy (non-hydrogen) atoms. The zero-order valence-electron chi connectivity index (χ0n) is 14.4. The lowest BCUT2D eigenvalue weighted by atomic mass is 10.1. The highest BCUT2D eigenvalue weighted by Gasteiger charge is 2.47. The van der Waals surface area contributed by atoms with E-state index in [-0.39, 0.29) is 5.54 Å². The van der Waals surface area contributed by atoms with Crippen LogP contribution in [0.1, 0.15) is 62.5 Å². The maximum absolute atomic E-state index is 6.01. The molecule has 5 heteroatoms. The Hall–Kier alpha value is -0.203. The van der Waals surface area contributed by atoms with E-state index in [4.69, 9.17) is 13.3 Å². The Kier molecular flexibility index (Phi) is 8.87. The zero-order chi connectivity index (χ0) is 16.6. The summed E-state index contributed by atoms with van der Waals surface area (Å²) in [7, 11) is -2.70. The molecule has 0 heterocycles. The Morgan fingerprint density at radius 3 is 1.64 bits per heavy atom. The molecule has 126 valence electrons. The van der Waals surface area contributed by atoms with Crippen molar-refractivity contribution in [2.75, 3.05) is 19.8 Å². The van der Waals surface area contributed by atoms with Gasteiger partial charge in [-0.3, -0.25) is 0 Å². The summed E-state index contributed by atoms with van der Waals surface area (Å²) in [5, 5.41) is 0. The predicted molar refractivity (Wildman–Crippen MR) is 97.4 cm³/mol. The SMILES string of the molecule is CCO[Si](OCC)(OCC)C(C)c1ccc(C(Br)CC)cc1. The van der Waals surface area contributed by atoms with Crippen LogP contribution in [0.5, 0.6) is 0 Å². The molecule has 0 fully saturated rings. The number of hydrogen-bond donors (Lipinski definition) is 0. The minimum Gasteiger partial charge on any atom is -0.373 e. The molecule has 1 rings (SSSR count). The van der Waals surface area contributed by atoms with Crippen molar-refractivity contribution in [3.8, 4) is 0 Å². The van der Waals surface area contributed by atoms with Crippen molar-refractivity contribution >= 4 is 24.7 Å². The Bertz CT molecular complexity index is 407. The van der Waals surface area contributed by atoms with Crippen LogP contribution < -0.4 is 0 Å². The summed E-state index contributed by atoms with van der Waals surface area (Å²) in [6.07, 6.45) is 1.07.